The zero-order chi connectivity index (χ0) is 17.5. The fourth-order valence-electron chi connectivity index (χ4n) is 2.39. The van der Waals surface area contributed by atoms with E-state index in [1.54, 1.807) is 42.7 Å². The summed E-state index contributed by atoms with van der Waals surface area (Å²) in [5, 5.41) is 6.76. The molecule has 3 aromatic rings. The first-order valence-corrected chi connectivity index (χ1v) is 8.38. The van der Waals surface area contributed by atoms with Crippen molar-refractivity contribution < 1.29 is 4.79 Å². The number of nitrogens with zero attached hydrogens (tertiary/aromatic N) is 1. The molecule has 0 atom stereocenters. The zero-order valence-corrected chi connectivity index (χ0v) is 14.3. The van der Waals surface area contributed by atoms with Crippen molar-refractivity contribution in [3.8, 4) is 0 Å². The number of amides is 1. The van der Waals surface area contributed by atoms with E-state index in [1.165, 1.54) is 5.56 Å². The van der Waals surface area contributed by atoms with Crippen LogP contribution in [0.15, 0.2) is 73.1 Å². The highest BCUT2D eigenvalue weighted by Crippen LogP contribution is 2.15. The minimum Gasteiger partial charge on any atom is -0.383 e. The molecule has 2 N–H and O–H groups in total. The van der Waals surface area contributed by atoms with Gasteiger partial charge in [0.25, 0.3) is 5.91 Å². The standard InChI is InChI=1S/C20H18ClN3O/c21-17-6-8-18(9-7-17)24-20(25)16-12-19(14-22-13-16)23-11-10-15-4-2-1-3-5-15/h1-9,12-14,23H,10-11H2,(H,24,25). The second-order valence-corrected chi connectivity index (χ2v) is 6.02. The van der Waals surface area contributed by atoms with E-state index in [-0.39, 0.29) is 5.91 Å². The van der Waals surface area contributed by atoms with Crippen LogP contribution in [-0.2, 0) is 6.42 Å². The van der Waals surface area contributed by atoms with Crippen molar-refractivity contribution in [1.29, 1.82) is 0 Å². The monoisotopic (exact) mass is 351 g/mol. The Hall–Kier alpha value is -2.85. The average molecular weight is 352 g/mol. The topological polar surface area (TPSA) is 54.0 Å². The number of hydrogen-bond donors (Lipinski definition) is 2. The van der Waals surface area contributed by atoms with Crippen LogP contribution in [0.25, 0.3) is 0 Å². The van der Waals surface area contributed by atoms with Crippen LogP contribution in [0.3, 0.4) is 0 Å². The minimum absolute atomic E-state index is 0.207. The van der Waals surface area contributed by atoms with Gasteiger partial charge in [0.15, 0.2) is 0 Å². The maximum absolute atomic E-state index is 12.3. The first-order chi connectivity index (χ1) is 12.2. The second kappa shape index (κ2) is 8.31. The van der Waals surface area contributed by atoms with Gasteiger partial charge in [-0.1, -0.05) is 41.9 Å². The van der Waals surface area contributed by atoms with E-state index in [0.717, 1.165) is 18.7 Å². The van der Waals surface area contributed by atoms with Gasteiger partial charge >= 0.3 is 0 Å². The molecular formula is C20H18ClN3O. The molecule has 0 spiro atoms. The number of halogens is 1. The number of carbonyl (C=O) groups is 1. The summed E-state index contributed by atoms with van der Waals surface area (Å²) in [5.41, 5.74) is 3.27. The van der Waals surface area contributed by atoms with Crippen LogP contribution in [-0.4, -0.2) is 17.4 Å². The molecule has 0 aliphatic heterocycles. The highest BCUT2D eigenvalue weighted by atomic mass is 35.5. The van der Waals surface area contributed by atoms with Crippen molar-refractivity contribution in [2.45, 2.75) is 6.42 Å². The number of aromatic nitrogens is 1. The third-order valence-corrected chi connectivity index (χ3v) is 3.94. The summed E-state index contributed by atoms with van der Waals surface area (Å²) in [5.74, 6) is -0.207. The number of hydrogen-bond acceptors (Lipinski definition) is 3. The van der Waals surface area contributed by atoms with E-state index in [0.29, 0.717) is 16.3 Å². The van der Waals surface area contributed by atoms with Crippen molar-refractivity contribution in [1.82, 2.24) is 4.98 Å². The van der Waals surface area contributed by atoms with Gasteiger partial charge in [0.05, 0.1) is 11.3 Å². The van der Waals surface area contributed by atoms with Crippen molar-refractivity contribution in [2.75, 3.05) is 17.2 Å². The number of carbonyl (C=O) groups excluding carboxylic acids is 1. The van der Waals surface area contributed by atoms with Crippen LogP contribution in [0.4, 0.5) is 11.4 Å². The van der Waals surface area contributed by atoms with Crippen LogP contribution >= 0.6 is 11.6 Å². The molecule has 0 unspecified atom stereocenters. The smallest absolute Gasteiger partial charge is 0.257 e. The minimum atomic E-state index is -0.207. The van der Waals surface area contributed by atoms with Gasteiger partial charge in [0.1, 0.15) is 0 Å². The third kappa shape index (κ3) is 5.06. The Morgan fingerprint density at radius 2 is 1.72 bits per heavy atom. The molecule has 1 aromatic heterocycles. The van der Waals surface area contributed by atoms with Gasteiger partial charge in [0, 0.05) is 29.6 Å². The normalized spacial score (nSPS) is 10.3. The van der Waals surface area contributed by atoms with Crippen LogP contribution in [0.5, 0.6) is 0 Å². The molecule has 4 nitrogen and oxygen atoms in total. The van der Waals surface area contributed by atoms with Crippen molar-refractivity contribution in [3.05, 3.63) is 89.2 Å². The number of rotatable bonds is 6. The molecule has 0 fully saturated rings. The Morgan fingerprint density at radius 1 is 0.960 bits per heavy atom. The lowest BCUT2D eigenvalue weighted by Crippen LogP contribution is -2.13. The summed E-state index contributed by atoms with van der Waals surface area (Å²) in [7, 11) is 0. The van der Waals surface area contributed by atoms with Crippen LogP contribution in [0.2, 0.25) is 5.02 Å². The Labute approximate surface area is 151 Å². The molecule has 1 heterocycles. The molecule has 1 amide bonds. The summed E-state index contributed by atoms with van der Waals surface area (Å²) in [4.78, 5) is 16.5. The highest BCUT2D eigenvalue weighted by molar-refractivity contribution is 6.30. The fourth-order valence-corrected chi connectivity index (χ4v) is 2.52. The summed E-state index contributed by atoms with van der Waals surface area (Å²) < 4.78 is 0. The molecule has 0 saturated heterocycles. The maximum atomic E-state index is 12.3. The molecule has 25 heavy (non-hydrogen) atoms. The number of pyridine rings is 1. The average Bonchev–Trinajstić information content (AvgIpc) is 2.65. The third-order valence-electron chi connectivity index (χ3n) is 3.69. The van der Waals surface area contributed by atoms with Gasteiger partial charge in [-0.2, -0.15) is 0 Å². The Bertz CT molecular complexity index is 835. The van der Waals surface area contributed by atoms with Crippen LogP contribution in [0, 0.1) is 0 Å². The van der Waals surface area contributed by atoms with E-state index in [4.69, 9.17) is 11.6 Å². The summed E-state index contributed by atoms with van der Waals surface area (Å²) >= 11 is 5.85. The van der Waals surface area contributed by atoms with Gasteiger partial charge in [0.2, 0.25) is 0 Å². The molecule has 0 aliphatic rings. The maximum Gasteiger partial charge on any atom is 0.257 e. The SMILES string of the molecule is O=C(Nc1ccc(Cl)cc1)c1cncc(NCCc2ccccc2)c1. The van der Waals surface area contributed by atoms with Crippen molar-refractivity contribution >= 4 is 28.9 Å². The molecule has 0 radical (unpaired) electrons. The Morgan fingerprint density at radius 3 is 2.48 bits per heavy atom. The predicted octanol–water partition coefficient (Wildman–Crippen LogP) is 4.64. The molecule has 5 heteroatoms. The second-order valence-electron chi connectivity index (χ2n) is 5.59. The molecule has 126 valence electrons. The molecule has 3 rings (SSSR count). The first-order valence-electron chi connectivity index (χ1n) is 8.00. The van der Waals surface area contributed by atoms with Crippen molar-refractivity contribution in [3.63, 3.8) is 0 Å². The van der Waals surface area contributed by atoms with Gasteiger partial charge in [-0.25, -0.2) is 0 Å². The van der Waals surface area contributed by atoms with Crippen molar-refractivity contribution in [2.24, 2.45) is 0 Å². The predicted molar refractivity (Wildman–Crippen MR) is 102 cm³/mol. The lowest BCUT2D eigenvalue weighted by molar-refractivity contribution is 0.102. The van der Waals surface area contributed by atoms with E-state index in [2.05, 4.69) is 27.8 Å². The van der Waals surface area contributed by atoms with E-state index in [1.807, 2.05) is 18.2 Å². The lowest BCUT2D eigenvalue weighted by Gasteiger charge is -2.09. The fraction of sp³-hybridized carbons (Fsp3) is 0.100. The Balaban J connectivity index is 1.58. The van der Waals surface area contributed by atoms with Crippen LogP contribution < -0.4 is 10.6 Å². The lowest BCUT2D eigenvalue weighted by atomic mass is 10.1. The van der Waals surface area contributed by atoms with Gasteiger partial charge in [-0.3, -0.25) is 9.78 Å². The van der Waals surface area contributed by atoms with E-state index >= 15 is 0 Å². The number of benzene rings is 2. The van der Waals surface area contributed by atoms with Gasteiger partial charge in [-0.05, 0) is 42.3 Å². The molecule has 0 bridgehead atoms. The van der Waals surface area contributed by atoms with E-state index < -0.39 is 0 Å². The van der Waals surface area contributed by atoms with Gasteiger partial charge < -0.3 is 10.6 Å². The van der Waals surface area contributed by atoms with Crippen LogP contribution in [0.1, 0.15) is 15.9 Å². The molecular weight excluding hydrogens is 334 g/mol. The molecule has 2 aromatic carbocycles. The molecule has 0 aliphatic carbocycles. The van der Waals surface area contributed by atoms with E-state index in [9.17, 15) is 4.79 Å². The summed E-state index contributed by atoms with van der Waals surface area (Å²) in [6, 6.07) is 19.0. The number of anilines is 2. The summed E-state index contributed by atoms with van der Waals surface area (Å²) in [6.45, 7) is 0.772. The first kappa shape index (κ1) is 17.0. The molecule has 0 saturated carbocycles. The zero-order valence-electron chi connectivity index (χ0n) is 13.6. The largest absolute Gasteiger partial charge is 0.383 e. The highest BCUT2D eigenvalue weighted by Gasteiger charge is 2.07. The Kier molecular flexibility index (Phi) is 5.65. The summed E-state index contributed by atoms with van der Waals surface area (Å²) in [6.07, 6.45) is 4.17. The van der Waals surface area contributed by atoms with Gasteiger partial charge in [-0.15, -0.1) is 0 Å². The number of nitrogens with one attached hydrogen (secondary N) is 2. The quantitative estimate of drug-likeness (QED) is 0.680.